The van der Waals surface area contributed by atoms with Gasteiger partial charge in [-0.1, -0.05) is 30.3 Å². The van der Waals surface area contributed by atoms with Gasteiger partial charge in [-0.15, -0.1) is 0 Å². The van der Waals surface area contributed by atoms with Crippen molar-refractivity contribution < 1.29 is 9.53 Å². The molecular weight excluding hydrogens is 292 g/mol. The highest BCUT2D eigenvalue weighted by molar-refractivity contribution is 5.77. The molecular formula is C17H26N4O2. The van der Waals surface area contributed by atoms with Crippen molar-refractivity contribution in [3.05, 3.63) is 35.9 Å². The Morgan fingerprint density at radius 3 is 2.61 bits per heavy atom. The summed E-state index contributed by atoms with van der Waals surface area (Å²) in [6.07, 6.45) is 0.411. The summed E-state index contributed by atoms with van der Waals surface area (Å²) in [4.78, 5) is 16.6. The number of carbonyl (C=O) groups excluding carboxylic acids is 1. The number of ether oxygens (including phenoxy) is 1. The van der Waals surface area contributed by atoms with Gasteiger partial charge in [0.05, 0.1) is 6.61 Å². The summed E-state index contributed by atoms with van der Waals surface area (Å²) >= 11 is 0. The zero-order valence-corrected chi connectivity index (χ0v) is 13.7. The van der Waals surface area contributed by atoms with Gasteiger partial charge in [-0.05, 0) is 5.56 Å². The van der Waals surface area contributed by atoms with E-state index in [4.69, 9.17) is 4.74 Å². The van der Waals surface area contributed by atoms with Crippen LogP contribution in [0.1, 0.15) is 12.0 Å². The predicted molar refractivity (Wildman–Crippen MR) is 88.6 cm³/mol. The van der Waals surface area contributed by atoms with Gasteiger partial charge >= 0.3 is 0 Å². The van der Waals surface area contributed by atoms with E-state index in [1.165, 1.54) is 5.56 Å². The maximum absolute atomic E-state index is 11.9. The first-order valence-corrected chi connectivity index (χ1v) is 8.29. The molecule has 0 spiro atoms. The molecule has 2 heterocycles. The first kappa shape index (κ1) is 16.4. The summed E-state index contributed by atoms with van der Waals surface area (Å²) in [5, 5.41) is 6.51. The number of carbonyl (C=O) groups is 1. The van der Waals surface area contributed by atoms with Crippen molar-refractivity contribution >= 4 is 5.91 Å². The van der Waals surface area contributed by atoms with Crippen molar-refractivity contribution in [2.24, 2.45) is 0 Å². The molecule has 3 rings (SSSR count). The Labute approximate surface area is 137 Å². The number of hydrogen-bond donors (Lipinski definition) is 2. The number of methoxy groups -OCH3 is 1. The highest BCUT2D eigenvalue weighted by Crippen LogP contribution is 2.11. The van der Waals surface area contributed by atoms with Gasteiger partial charge in [0.1, 0.15) is 6.29 Å². The van der Waals surface area contributed by atoms with E-state index in [-0.39, 0.29) is 18.2 Å². The monoisotopic (exact) mass is 318 g/mol. The van der Waals surface area contributed by atoms with Gasteiger partial charge in [0, 0.05) is 52.3 Å². The molecule has 2 unspecified atom stereocenters. The lowest BCUT2D eigenvalue weighted by Crippen LogP contribution is -2.67. The van der Waals surface area contributed by atoms with Crippen LogP contribution in [-0.2, 0) is 16.1 Å². The van der Waals surface area contributed by atoms with Gasteiger partial charge in [0.2, 0.25) is 5.91 Å². The molecule has 0 bridgehead atoms. The Balaban J connectivity index is 1.49. The molecule has 1 amide bonds. The second-order valence-electron chi connectivity index (χ2n) is 6.29. The summed E-state index contributed by atoms with van der Waals surface area (Å²) in [6.45, 7) is 5.48. The smallest absolute Gasteiger partial charge is 0.223 e. The fourth-order valence-corrected chi connectivity index (χ4v) is 3.29. The minimum absolute atomic E-state index is 0.0738. The van der Waals surface area contributed by atoms with Crippen molar-refractivity contribution in [3.63, 3.8) is 0 Å². The first-order valence-electron chi connectivity index (χ1n) is 8.29. The number of rotatable bonds is 5. The Hall–Kier alpha value is -1.47. The summed E-state index contributed by atoms with van der Waals surface area (Å²) < 4.78 is 5.18. The third-order valence-electron chi connectivity index (χ3n) is 4.51. The number of hydrogen-bond acceptors (Lipinski definition) is 5. The minimum atomic E-state index is -0.0738. The van der Waals surface area contributed by atoms with Gasteiger partial charge in [-0.25, -0.2) is 0 Å². The number of nitrogens with zero attached hydrogens (tertiary/aromatic N) is 2. The van der Waals surface area contributed by atoms with Crippen LogP contribution in [0.2, 0.25) is 0 Å². The zero-order chi connectivity index (χ0) is 16.1. The molecule has 2 aliphatic rings. The van der Waals surface area contributed by atoms with E-state index >= 15 is 0 Å². The summed E-state index contributed by atoms with van der Waals surface area (Å²) in [6, 6.07) is 10.7. The fourth-order valence-electron chi connectivity index (χ4n) is 3.29. The van der Waals surface area contributed by atoms with Crippen molar-refractivity contribution in [1.29, 1.82) is 0 Å². The molecule has 23 heavy (non-hydrogen) atoms. The summed E-state index contributed by atoms with van der Waals surface area (Å²) in [7, 11) is 1.67. The second kappa shape index (κ2) is 7.88. The van der Waals surface area contributed by atoms with Crippen LogP contribution in [0.25, 0.3) is 0 Å². The van der Waals surface area contributed by atoms with Crippen molar-refractivity contribution in [2.45, 2.75) is 25.3 Å². The van der Waals surface area contributed by atoms with Gasteiger partial charge in [-0.3, -0.25) is 19.9 Å². The average molecular weight is 318 g/mol. The van der Waals surface area contributed by atoms with E-state index in [1.807, 2.05) is 0 Å². The maximum atomic E-state index is 11.9. The summed E-state index contributed by atoms with van der Waals surface area (Å²) in [5.41, 5.74) is 1.35. The van der Waals surface area contributed by atoms with Crippen LogP contribution >= 0.6 is 0 Å². The normalized spacial score (nSPS) is 26.9. The molecule has 1 aromatic rings. The van der Waals surface area contributed by atoms with Gasteiger partial charge < -0.3 is 10.1 Å². The Morgan fingerprint density at radius 1 is 1.17 bits per heavy atom. The highest BCUT2D eigenvalue weighted by Gasteiger charge is 2.31. The van der Waals surface area contributed by atoms with Crippen LogP contribution in [0, 0.1) is 0 Å². The highest BCUT2D eigenvalue weighted by atomic mass is 16.5. The molecule has 0 saturated carbocycles. The van der Waals surface area contributed by atoms with Crippen LogP contribution in [0.4, 0.5) is 0 Å². The Morgan fingerprint density at radius 2 is 1.91 bits per heavy atom. The predicted octanol–water partition coefficient (Wildman–Crippen LogP) is 0.212. The quantitative estimate of drug-likeness (QED) is 0.813. The van der Waals surface area contributed by atoms with E-state index < -0.39 is 0 Å². The molecule has 2 aliphatic heterocycles. The van der Waals surface area contributed by atoms with Crippen LogP contribution in [0.5, 0.6) is 0 Å². The van der Waals surface area contributed by atoms with Gasteiger partial charge in [-0.2, -0.15) is 0 Å². The average Bonchev–Trinajstić information content (AvgIpc) is 2.56. The number of nitrogens with one attached hydrogen (secondary N) is 2. The Bertz CT molecular complexity index is 503. The molecule has 0 aliphatic carbocycles. The lowest BCUT2D eigenvalue weighted by Gasteiger charge is -2.42. The largest absolute Gasteiger partial charge is 0.383 e. The first-order chi connectivity index (χ1) is 11.2. The van der Waals surface area contributed by atoms with E-state index in [0.717, 1.165) is 32.7 Å². The zero-order valence-electron chi connectivity index (χ0n) is 13.7. The molecule has 0 radical (unpaired) electrons. The molecule has 126 valence electrons. The number of benzene rings is 1. The third-order valence-corrected chi connectivity index (χ3v) is 4.51. The Kier molecular flexibility index (Phi) is 5.61. The van der Waals surface area contributed by atoms with Gasteiger partial charge in [0.25, 0.3) is 0 Å². The van der Waals surface area contributed by atoms with Crippen LogP contribution in [0.15, 0.2) is 30.3 Å². The SMILES string of the molecule is COCC1CC(=O)NC(N2CCN(Cc3ccccc3)CC2)N1. The van der Waals surface area contributed by atoms with Crippen molar-refractivity contribution in [1.82, 2.24) is 20.4 Å². The third kappa shape index (κ3) is 4.51. The molecule has 0 aromatic heterocycles. The van der Waals surface area contributed by atoms with Crippen LogP contribution < -0.4 is 10.6 Å². The van der Waals surface area contributed by atoms with Crippen LogP contribution in [0.3, 0.4) is 0 Å². The van der Waals surface area contributed by atoms with Gasteiger partial charge in [0.15, 0.2) is 0 Å². The molecule has 1 aromatic carbocycles. The van der Waals surface area contributed by atoms with E-state index in [1.54, 1.807) is 7.11 Å². The molecule has 2 atom stereocenters. The van der Waals surface area contributed by atoms with Crippen molar-refractivity contribution in [2.75, 3.05) is 39.9 Å². The molecule has 2 saturated heterocycles. The van der Waals surface area contributed by atoms with Crippen molar-refractivity contribution in [3.8, 4) is 0 Å². The lowest BCUT2D eigenvalue weighted by atomic mass is 10.1. The topological polar surface area (TPSA) is 56.8 Å². The summed E-state index contributed by atoms with van der Waals surface area (Å²) in [5.74, 6) is 0.0996. The van der Waals surface area contributed by atoms with E-state index in [2.05, 4.69) is 50.8 Å². The molecule has 2 N–H and O–H groups in total. The number of amides is 1. The fraction of sp³-hybridized carbons (Fsp3) is 0.588. The standard InChI is InChI=1S/C17H26N4O2/c1-23-13-15-11-16(22)19-17(18-15)21-9-7-20(8-10-21)12-14-5-3-2-4-6-14/h2-6,15,17-18H,7-13H2,1H3,(H,19,22). The molecule has 2 fully saturated rings. The van der Waals surface area contributed by atoms with E-state index in [0.29, 0.717) is 13.0 Å². The minimum Gasteiger partial charge on any atom is -0.383 e. The second-order valence-corrected chi connectivity index (χ2v) is 6.29. The molecule has 6 heteroatoms. The maximum Gasteiger partial charge on any atom is 0.223 e. The lowest BCUT2D eigenvalue weighted by molar-refractivity contribution is -0.128. The molecule has 6 nitrogen and oxygen atoms in total. The van der Waals surface area contributed by atoms with Crippen LogP contribution in [-0.4, -0.2) is 67.9 Å². The van der Waals surface area contributed by atoms with E-state index in [9.17, 15) is 4.79 Å². The number of piperazine rings is 1.